The lowest BCUT2D eigenvalue weighted by atomic mass is 9.99. The molecule has 2 aromatic rings. The summed E-state index contributed by atoms with van der Waals surface area (Å²) >= 11 is 3.18. The second-order valence-corrected chi connectivity index (χ2v) is 5.17. The van der Waals surface area contributed by atoms with Gasteiger partial charge in [0.2, 0.25) is 0 Å². The lowest BCUT2D eigenvalue weighted by Crippen LogP contribution is -2.15. The van der Waals surface area contributed by atoms with Gasteiger partial charge in [-0.1, -0.05) is 22.0 Å². The van der Waals surface area contributed by atoms with Crippen molar-refractivity contribution in [3.63, 3.8) is 0 Å². The fourth-order valence-electron chi connectivity index (χ4n) is 1.89. The first-order chi connectivity index (χ1) is 8.95. The monoisotopic (exact) mass is 329 g/mol. The van der Waals surface area contributed by atoms with Crippen LogP contribution in [-0.2, 0) is 6.42 Å². The highest BCUT2D eigenvalue weighted by Gasteiger charge is 2.13. The summed E-state index contributed by atoms with van der Waals surface area (Å²) in [6, 6.07) is 6.97. The number of rotatable bonds is 3. The molecule has 100 valence electrons. The normalized spacial score (nSPS) is 12.5. The van der Waals surface area contributed by atoms with E-state index in [1.54, 1.807) is 6.07 Å². The molecule has 1 nitrogen and oxygen atoms in total. The van der Waals surface area contributed by atoms with Gasteiger partial charge in [0, 0.05) is 22.1 Å². The third kappa shape index (κ3) is 3.58. The summed E-state index contributed by atoms with van der Waals surface area (Å²) in [5, 5.41) is 0. The Hall–Kier alpha value is -1.33. The highest BCUT2D eigenvalue weighted by molar-refractivity contribution is 9.10. The molecular formula is C14H11BrF3N. The molecular weight excluding hydrogens is 319 g/mol. The van der Waals surface area contributed by atoms with Crippen LogP contribution in [0.25, 0.3) is 0 Å². The average molecular weight is 330 g/mol. The maximum absolute atomic E-state index is 13.6. The van der Waals surface area contributed by atoms with Gasteiger partial charge in [-0.3, -0.25) is 0 Å². The molecule has 2 aromatic carbocycles. The van der Waals surface area contributed by atoms with Gasteiger partial charge in [-0.05, 0) is 36.2 Å². The van der Waals surface area contributed by atoms with Crippen molar-refractivity contribution in [1.82, 2.24) is 0 Å². The van der Waals surface area contributed by atoms with Crippen molar-refractivity contribution >= 4 is 15.9 Å². The Labute approximate surface area is 117 Å². The molecule has 0 aliphatic carbocycles. The number of benzene rings is 2. The van der Waals surface area contributed by atoms with E-state index >= 15 is 0 Å². The molecule has 0 aliphatic rings. The maximum atomic E-state index is 13.6. The average Bonchev–Trinajstić information content (AvgIpc) is 2.26. The van der Waals surface area contributed by atoms with Gasteiger partial charge in [0.25, 0.3) is 0 Å². The maximum Gasteiger partial charge on any atom is 0.130 e. The van der Waals surface area contributed by atoms with Crippen LogP contribution in [0.1, 0.15) is 17.2 Å². The third-order valence-corrected chi connectivity index (χ3v) is 3.20. The number of nitrogens with two attached hydrogens (primary N) is 1. The molecule has 0 aromatic heterocycles. The summed E-state index contributed by atoms with van der Waals surface area (Å²) in [5.41, 5.74) is 6.73. The molecule has 2 rings (SSSR count). The Bertz CT molecular complexity index is 581. The molecule has 0 spiro atoms. The van der Waals surface area contributed by atoms with Gasteiger partial charge in [0.15, 0.2) is 0 Å². The van der Waals surface area contributed by atoms with Gasteiger partial charge < -0.3 is 5.73 Å². The molecule has 0 radical (unpaired) electrons. The standard InChI is InChI=1S/C14H11BrF3N/c15-9-3-8(4-11(17)6-9)5-14(19)12-2-1-10(16)7-13(12)18/h1-4,6-7,14H,5,19H2. The van der Waals surface area contributed by atoms with Crippen LogP contribution in [0.5, 0.6) is 0 Å². The fourth-order valence-corrected chi connectivity index (χ4v) is 2.41. The number of hydrogen-bond donors (Lipinski definition) is 1. The SMILES string of the molecule is NC(Cc1cc(F)cc(Br)c1)c1ccc(F)cc1F. The zero-order valence-corrected chi connectivity index (χ0v) is 11.4. The van der Waals surface area contributed by atoms with E-state index in [0.29, 0.717) is 10.0 Å². The van der Waals surface area contributed by atoms with E-state index in [1.807, 2.05) is 0 Å². The zero-order valence-electron chi connectivity index (χ0n) is 9.84. The van der Waals surface area contributed by atoms with Crippen LogP contribution in [0.15, 0.2) is 40.9 Å². The first kappa shape index (κ1) is 14.1. The predicted molar refractivity (Wildman–Crippen MR) is 71.1 cm³/mol. The minimum absolute atomic E-state index is 0.210. The van der Waals surface area contributed by atoms with Gasteiger partial charge in [-0.25, -0.2) is 13.2 Å². The summed E-state index contributed by atoms with van der Waals surface area (Å²) in [5.74, 6) is -1.74. The lowest BCUT2D eigenvalue weighted by molar-refractivity contribution is 0.553. The Morgan fingerprint density at radius 1 is 1.00 bits per heavy atom. The first-order valence-corrected chi connectivity index (χ1v) is 6.40. The van der Waals surface area contributed by atoms with Crippen molar-refractivity contribution < 1.29 is 13.2 Å². The van der Waals surface area contributed by atoms with Crippen LogP contribution in [0.3, 0.4) is 0 Å². The van der Waals surface area contributed by atoms with Crippen molar-refractivity contribution in [1.29, 1.82) is 0 Å². The summed E-state index contributed by atoms with van der Waals surface area (Å²) in [7, 11) is 0. The minimum atomic E-state index is -0.692. The van der Waals surface area contributed by atoms with E-state index in [2.05, 4.69) is 15.9 Å². The fraction of sp³-hybridized carbons (Fsp3) is 0.143. The second kappa shape index (κ2) is 5.75. The Morgan fingerprint density at radius 2 is 1.74 bits per heavy atom. The minimum Gasteiger partial charge on any atom is -0.324 e. The van der Waals surface area contributed by atoms with Crippen molar-refractivity contribution in [3.8, 4) is 0 Å². The van der Waals surface area contributed by atoms with Crippen LogP contribution in [0.4, 0.5) is 13.2 Å². The van der Waals surface area contributed by atoms with Gasteiger partial charge in [-0.15, -0.1) is 0 Å². The van der Waals surface area contributed by atoms with Crippen molar-refractivity contribution in [2.24, 2.45) is 5.73 Å². The molecule has 1 atom stereocenters. The summed E-state index contributed by atoms with van der Waals surface area (Å²) in [6.07, 6.45) is 0.263. The molecule has 0 saturated heterocycles. The van der Waals surface area contributed by atoms with Crippen LogP contribution in [0.2, 0.25) is 0 Å². The Morgan fingerprint density at radius 3 is 2.37 bits per heavy atom. The van der Waals surface area contributed by atoms with Crippen molar-refractivity contribution in [2.45, 2.75) is 12.5 Å². The molecule has 19 heavy (non-hydrogen) atoms. The van der Waals surface area contributed by atoms with Gasteiger partial charge in [0.1, 0.15) is 17.5 Å². The van der Waals surface area contributed by atoms with Crippen molar-refractivity contribution in [3.05, 3.63) is 69.4 Å². The summed E-state index contributed by atoms with van der Waals surface area (Å²) in [4.78, 5) is 0. The highest BCUT2D eigenvalue weighted by atomic mass is 79.9. The molecule has 0 bridgehead atoms. The van der Waals surface area contributed by atoms with E-state index in [4.69, 9.17) is 5.73 Å². The van der Waals surface area contributed by atoms with Crippen LogP contribution >= 0.6 is 15.9 Å². The van der Waals surface area contributed by atoms with Crippen LogP contribution in [0, 0.1) is 17.5 Å². The lowest BCUT2D eigenvalue weighted by Gasteiger charge is -2.13. The molecule has 2 N–H and O–H groups in total. The van der Waals surface area contributed by atoms with E-state index in [-0.39, 0.29) is 12.0 Å². The topological polar surface area (TPSA) is 26.0 Å². The Kier molecular flexibility index (Phi) is 4.27. The molecule has 0 aliphatic heterocycles. The molecule has 5 heteroatoms. The summed E-state index contributed by atoms with van der Waals surface area (Å²) in [6.45, 7) is 0. The number of hydrogen-bond acceptors (Lipinski definition) is 1. The van der Waals surface area contributed by atoms with Crippen LogP contribution in [-0.4, -0.2) is 0 Å². The smallest absolute Gasteiger partial charge is 0.130 e. The quantitative estimate of drug-likeness (QED) is 0.901. The van der Waals surface area contributed by atoms with Gasteiger partial charge >= 0.3 is 0 Å². The summed E-state index contributed by atoms with van der Waals surface area (Å²) < 4.78 is 40.2. The first-order valence-electron chi connectivity index (χ1n) is 5.61. The molecule has 0 amide bonds. The van der Waals surface area contributed by atoms with Gasteiger partial charge in [0.05, 0.1) is 0 Å². The zero-order chi connectivity index (χ0) is 14.0. The molecule has 0 fully saturated rings. The molecule has 0 heterocycles. The van der Waals surface area contributed by atoms with Crippen molar-refractivity contribution in [2.75, 3.05) is 0 Å². The van der Waals surface area contributed by atoms with E-state index in [1.165, 1.54) is 18.2 Å². The molecule has 1 unspecified atom stereocenters. The largest absolute Gasteiger partial charge is 0.324 e. The third-order valence-electron chi connectivity index (χ3n) is 2.74. The van der Waals surface area contributed by atoms with E-state index in [9.17, 15) is 13.2 Å². The van der Waals surface area contributed by atoms with Gasteiger partial charge in [-0.2, -0.15) is 0 Å². The highest BCUT2D eigenvalue weighted by Crippen LogP contribution is 2.22. The van der Waals surface area contributed by atoms with E-state index < -0.39 is 23.5 Å². The van der Waals surface area contributed by atoms with E-state index in [0.717, 1.165) is 12.1 Å². The second-order valence-electron chi connectivity index (χ2n) is 4.25. The molecule has 0 saturated carbocycles. The van der Waals surface area contributed by atoms with Crippen LogP contribution < -0.4 is 5.73 Å². The Balaban J connectivity index is 2.22. The predicted octanol–water partition coefficient (Wildman–Crippen LogP) is 4.11. The number of halogens is 4.